The second kappa shape index (κ2) is 26.5. The average molecular weight is 1150 g/mol. The van der Waals surface area contributed by atoms with Crippen LogP contribution in [-0.2, 0) is 35.0 Å². The number of alkyl halides is 3. The minimum atomic E-state index is -4.54. The van der Waals surface area contributed by atoms with Crippen LogP contribution < -0.4 is 25.4 Å². The van der Waals surface area contributed by atoms with Crippen LogP contribution in [0.1, 0.15) is 102 Å². The third-order valence-electron chi connectivity index (χ3n) is 14.9. The quantitative estimate of drug-likeness (QED) is 0.0370. The van der Waals surface area contributed by atoms with Gasteiger partial charge in [0, 0.05) is 54.8 Å². The van der Waals surface area contributed by atoms with Gasteiger partial charge in [-0.15, -0.1) is 0 Å². The molecule has 2 unspecified atom stereocenters. The van der Waals surface area contributed by atoms with E-state index in [0.29, 0.717) is 81.2 Å². The zero-order chi connectivity index (χ0) is 58.0. The van der Waals surface area contributed by atoms with Crippen molar-refractivity contribution in [3.63, 3.8) is 0 Å². The molecule has 1 fully saturated rings. The number of aromatic nitrogens is 1. The van der Waals surface area contributed by atoms with Crippen LogP contribution in [0.5, 0.6) is 5.75 Å². The van der Waals surface area contributed by atoms with Crippen molar-refractivity contribution in [2.45, 2.75) is 147 Å². The lowest BCUT2D eigenvalue weighted by molar-refractivity contribution is -0.140. The first kappa shape index (κ1) is 62.9. The van der Waals surface area contributed by atoms with E-state index in [0.717, 1.165) is 6.26 Å². The van der Waals surface area contributed by atoms with Crippen LogP contribution in [0.4, 0.5) is 29.3 Å². The van der Waals surface area contributed by atoms with Crippen molar-refractivity contribution in [2.24, 2.45) is 5.92 Å². The summed E-state index contributed by atoms with van der Waals surface area (Å²) in [4.78, 5) is 15.2. The van der Waals surface area contributed by atoms with Gasteiger partial charge in [-0.25, -0.2) is 13.2 Å². The molecule has 2 heterocycles. The molecule has 6 rings (SSSR count). The van der Waals surface area contributed by atoms with Gasteiger partial charge >= 0.3 is 12.3 Å². The molecule has 2 N–H and O–H groups in total. The lowest BCUT2D eigenvalue weighted by Gasteiger charge is -2.43. The molecule has 0 bridgehead atoms. The molecule has 2 atom stereocenters. The molecular formula is C61H85F3N4O8SSi2. The number of hydrogen-bond acceptors (Lipinski definition) is 10. The molecule has 0 saturated carbocycles. The lowest BCUT2D eigenvalue weighted by Crippen LogP contribution is -2.66. The summed E-state index contributed by atoms with van der Waals surface area (Å²) in [5.41, 5.74) is 1.66. The highest BCUT2D eigenvalue weighted by atomic mass is 32.2. The summed E-state index contributed by atoms with van der Waals surface area (Å²) in [6, 6.07) is 32.6. The van der Waals surface area contributed by atoms with Gasteiger partial charge in [0.2, 0.25) is 0 Å². The number of piperidine rings is 1. The summed E-state index contributed by atoms with van der Waals surface area (Å²) in [5, 5.41) is 9.73. The molecule has 1 saturated heterocycles. The predicted molar refractivity (Wildman–Crippen MR) is 318 cm³/mol. The van der Waals surface area contributed by atoms with E-state index in [2.05, 4.69) is 133 Å². The molecule has 79 heavy (non-hydrogen) atoms. The third kappa shape index (κ3) is 16.0. The number of sulfone groups is 1. The number of benzene rings is 4. The van der Waals surface area contributed by atoms with E-state index in [1.165, 1.54) is 21.0 Å². The van der Waals surface area contributed by atoms with Crippen LogP contribution in [0, 0.1) is 17.8 Å². The second-order valence-electron chi connectivity index (χ2n) is 23.7. The van der Waals surface area contributed by atoms with Crippen molar-refractivity contribution >= 4 is 65.2 Å². The maximum atomic E-state index is 14.3. The van der Waals surface area contributed by atoms with Crippen LogP contribution >= 0.6 is 0 Å². The van der Waals surface area contributed by atoms with Gasteiger partial charge in [-0.2, -0.15) is 13.2 Å². The Morgan fingerprint density at radius 2 is 1.37 bits per heavy atom. The maximum absolute atomic E-state index is 14.3. The highest BCUT2D eigenvalue weighted by molar-refractivity contribution is 7.90. The number of likely N-dealkylation sites (tertiary alicyclic amines) is 1. The predicted octanol–water partition coefficient (Wildman–Crippen LogP) is 12.7. The number of rotatable bonds is 23. The molecule has 18 heteroatoms. The molecule has 1 aliphatic rings. The fraction of sp³-hybridized carbons (Fsp3) is 0.525. The molecule has 1 amide bonds. The number of anilines is 2. The maximum Gasteiger partial charge on any atom is 0.410 e. The number of nitrogens with zero attached hydrogens (tertiary/aromatic N) is 2. The fourth-order valence-corrected chi connectivity index (χ4v) is 22.1. The summed E-state index contributed by atoms with van der Waals surface area (Å²) in [6.45, 7) is 26.5. The number of carbonyl (C=O) groups excluding carboxylic acids is 1. The molecule has 0 spiro atoms. The molecule has 12 nitrogen and oxygen atoms in total. The zero-order valence-electron chi connectivity index (χ0n) is 48.7. The molecule has 1 aromatic heterocycles. The summed E-state index contributed by atoms with van der Waals surface area (Å²) >= 11 is 0. The van der Waals surface area contributed by atoms with Crippen molar-refractivity contribution in [3.8, 4) is 17.6 Å². The van der Waals surface area contributed by atoms with E-state index in [1.807, 2.05) is 39.0 Å². The zero-order valence-corrected chi connectivity index (χ0v) is 51.5. The highest BCUT2D eigenvalue weighted by Gasteiger charge is 2.50. The Bertz CT molecular complexity index is 2910. The topological polar surface area (TPSA) is 130 Å². The van der Waals surface area contributed by atoms with Gasteiger partial charge in [-0.05, 0) is 108 Å². The molecule has 0 radical (unpaired) electrons. The molecule has 5 aromatic rings. The van der Waals surface area contributed by atoms with Gasteiger partial charge in [0.05, 0.1) is 44.2 Å². The number of amides is 1. The third-order valence-corrected chi connectivity index (χ3v) is 27.1. The van der Waals surface area contributed by atoms with Crippen LogP contribution in [-0.4, -0.2) is 117 Å². The Morgan fingerprint density at radius 3 is 1.92 bits per heavy atom. The van der Waals surface area contributed by atoms with Gasteiger partial charge in [-0.3, -0.25) is 0 Å². The first-order valence-corrected chi connectivity index (χ1v) is 33.6. The summed E-state index contributed by atoms with van der Waals surface area (Å²) < 4.78 is 102. The Balaban J connectivity index is 1.15. The van der Waals surface area contributed by atoms with E-state index in [9.17, 15) is 26.4 Å². The normalized spacial score (nSPS) is 15.9. The molecule has 432 valence electrons. The fourth-order valence-electron chi connectivity index (χ4n) is 11.5. The number of halogens is 3. The van der Waals surface area contributed by atoms with E-state index in [-0.39, 0.29) is 56.5 Å². The highest BCUT2D eigenvalue weighted by Crippen LogP contribution is 2.45. The minimum absolute atomic E-state index is 0.0565. The second-order valence-corrected chi connectivity index (χ2v) is 35.4. The summed E-state index contributed by atoms with van der Waals surface area (Å²) in [7, 11) is -8.90. The smallest absolute Gasteiger partial charge is 0.410 e. The van der Waals surface area contributed by atoms with Crippen molar-refractivity contribution in [1.29, 1.82) is 0 Å². The molecular weight excluding hydrogens is 1060 g/mol. The Morgan fingerprint density at radius 1 is 0.772 bits per heavy atom. The standard InChI is InChI=1S/C61H85F3N4O8SSi2/c1-44(2)78(45(3)4,46(5)6)76-56-40-48(29-30-57(56)77(13,70)71)65-33-21-22-49-41-52-54(27-20-28-55(52)68(49)43-61(62,63)64)66-53-31-34-67(58(69)75-59(7,8)9)42-47(53)32-35-72-36-37-73-38-39-74-79(60(10,11)12,50-23-16-14-17-24-50)51-25-18-15-19-26-51/h14-20,23-30,40-41,44-47,53,65-66H,31-39,42-43H2,1-13H3. The van der Waals surface area contributed by atoms with Crippen molar-refractivity contribution in [3.05, 3.63) is 109 Å². The molecule has 4 aromatic carbocycles. The van der Waals surface area contributed by atoms with Crippen molar-refractivity contribution in [1.82, 2.24) is 9.47 Å². The van der Waals surface area contributed by atoms with E-state index >= 15 is 0 Å². The first-order chi connectivity index (χ1) is 37.1. The van der Waals surface area contributed by atoms with Crippen LogP contribution in [0.3, 0.4) is 0 Å². The summed E-state index contributed by atoms with van der Waals surface area (Å²) in [6.07, 6.45) is -2.63. The number of nitrogens with one attached hydrogen (secondary N) is 2. The largest absolute Gasteiger partial charge is 0.542 e. The monoisotopic (exact) mass is 1150 g/mol. The number of ether oxygens (including phenoxy) is 3. The van der Waals surface area contributed by atoms with Crippen LogP contribution in [0.2, 0.25) is 21.7 Å². The molecule has 1 aliphatic heterocycles. The Hall–Kier alpha value is -5.30. The van der Waals surface area contributed by atoms with Gasteiger partial charge in [0.1, 0.15) is 22.8 Å². The van der Waals surface area contributed by atoms with Crippen LogP contribution in [0.15, 0.2) is 108 Å². The van der Waals surface area contributed by atoms with Crippen molar-refractivity contribution in [2.75, 3.05) is 69.6 Å². The van der Waals surface area contributed by atoms with Gasteiger partial charge in [-0.1, -0.05) is 135 Å². The average Bonchev–Trinajstić information content (AvgIpc) is 3.71. The van der Waals surface area contributed by atoms with E-state index in [1.54, 1.807) is 35.2 Å². The Labute approximate surface area is 470 Å². The lowest BCUT2D eigenvalue weighted by atomic mass is 9.89. The first-order valence-electron chi connectivity index (χ1n) is 27.7. The van der Waals surface area contributed by atoms with E-state index in [4.69, 9.17) is 23.1 Å². The number of carbonyl (C=O) groups is 1. The number of hydrogen-bond donors (Lipinski definition) is 2. The number of fused-ring (bicyclic) bond motifs is 1. The SMILES string of the molecule is CC(C)[Si](Oc1cc(NCC#Cc2cc3c(NC4CCN(C(=O)OC(C)(C)C)CC4CCOCCOCCO[Si](c4ccccc4)(c4ccccc4)C(C)(C)C)cccc3n2CC(F)(F)F)ccc1S(C)(=O)=O)(C(C)C)C(C)C. The summed E-state index contributed by atoms with van der Waals surface area (Å²) in [5.74, 6) is 6.20. The van der Waals surface area contributed by atoms with Gasteiger partial charge in [0.15, 0.2) is 9.84 Å². The van der Waals surface area contributed by atoms with E-state index < -0.39 is 50.9 Å². The van der Waals surface area contributed by atoms with Gasteiger partial charge in [0.25, 0.3) is 16.6 Å². The van der Waals surface area contributed by atoms with Crippen LogP contribution in [0.25, 0.3) is 10.9 Å². The minimum Gasteiger partial charge on any atom is -0.542 e. The Kier molecular flexibility index (Phi) is 21.1. The molecule has 0 aliphatic carbocycles. The van der Waals surface area contributed by atoms with Gasteiger partial charge < -0.3 is 43.2 Å². The van der Waals surface area contributed by atoms with Crippen molar-refractivity contribution < 1.29 is 49.4 Å².